The van der Waals surface area contributed by atoms with E-state index in [1.165, 1.54) is 16.7 Å². The van der Waals surface area contributed by atoms with Gasteiger partial charge in [0.25, 0.3) is 0 Å². The van der Waals surface area contributed by atoms with E-state index in [-0.39, 0.29) is 24.1 Å². The molecule has 0 saturated carbocycles. The zero-order valence-electron chi connectivity index (χ0n) is 42.0. The quantitative estimate of drug-likeness (QED) is 0.0764. The highest BCUT2D eigenvalue weighted by Gasteiger charge is 2.27. The molecule has 9 nitrogen and oxygen atoms in total. The van der Waals surface area contributed by atoms with Crippen molar-refractivity contribution < 1.29 is 14.3 Å². The minimum atomic E-state index is -0.202. The molecule has 4 amide bonds. The van der Waals surface area contributed by atoms with Gasteiger partial charge in [0.15, 0.2) is 0 Å². The standard InChI is InChI=1S/C29H37N3O2.C29H37N3O/c1-7-21-13-18-27(30)26(8-2)28(21)31-29(33)32(24-14-9-22(10-15-24)19(3)4)20(5)23-11-16-25(34-6)17-12-23;1-7-22-15-18-27(30)26(8-2)28(22)31-29(33)32(21(6)24-11-9-20(5)10-12-24)25-16-13-23(14-17-25)19(3)4/h9-20H,7-8,30H2,1-6H3,(H,31,33);9-19,21H,7-8,30H2,1-6H3,(H,31,33)/t20-;21-/m10/s1. The average Bonchev–Trinajstić information content (AvgIpc) is 3.32. The number of urea groups is 2. The number of nitrogen functional groups attached to an aromatic ring is 2. The molecule has 9 heteroatoms. The topological polar surface area (TPSA) is 126 Å². The molecule has 0 spiro atoms. The molecule has 0 radical (unpaired) electrons. The van der Waals surface area contributed by atoms with Gasteiger partial charge in [0.05, 0.1) is 30.6 Å². The minimum absolute atomic E-state index is 0.147. The van der Waals surface area contributed by atoms with Gasteiger partial charge in [-0.2, -0.15) is 0 Å². The second-order valence-electron chi connectivity index (χ2n) is 17.9. The van der Waals surface area contributed by atoms with E-state index in [1.54, 1.807) is 7.11 Å². The first-order chi connectivity index (χ1) is 32.1. The number of hydrogen-bond donors (Lipinski definition) is 4. The van der Waals surface area contributed by atoms with Gasteiger partial charge in [0.2, 0.25) is 0 Å². The normalized spacial score (nSPS) is 11.9. The summed E-state index contributed by atoms with van der Waals surface area (Å²) in [5.41, 5.74) is 27.2. The Kier molecular flexibility index (Phi) is 18.1. The Balaban J connectivity index is 0.000000251. The predicted octanol–water partition coefficient (Wildman–Crippen LogP) is 15.0. The zero-order valence-corrected chi connectivity index (χ0v) is 42.0. The van der Waals surface area contributed by atoms with E-state index in [0.717, 1.165) is 87.6 Å². The molecule has 6 N–H and O–H groups in total. The molecule has 6 rings (SSSR count). The SMILES string of the molecule is CCc1ccc(N)c(CC)c1NC(=O)N(c1ccc(C(C)C)cc1)[C@@H](C)c1ccc(C)cc1.CCc1ccc(N)c(CC)c1NC(=O)N(c1ccc(C(C)C)cc1)[C@H](C)c1ccc(OC)cc1. The van der Waals surface area contributed by atoms with Gasteiger partial charge in [-0.3, -0.25) is 9.80 Å². The highest BCUT2D eigenvalue weighted by atomic mass is 16.5. The van der Waals surface area contributed by atoms with E-state index in [4.69, 9.17) is 16.2 Å². The first-order valence-corrected chi connectivity index (χ1v) is 24.0. The first-order valence-electron chi connectivity index (χ1n) is 24.0. The summed E-state index contributed by atoms with van der Waals surface area (Å²) in [6.07, 6.45) is 3.12. The van der Waals surface area contributed by atoms with Crippen LogP contribution in [0.3, 0.4) is 0 Å². The zero-order chi connectivity index (χ0) is 48.9. The number of nitrogens with zero attached hydrogens (tertiary/aromatic N) is 2. The maximum atomic E-state index is 13.9. The van der Waals surface area contributed by atoms with Crippen molar-refractivity contribution >= 4 is 46.2 Å². The van der Waals surface area contributed by atoms with Crippen molar-refractivity contribution in [3.63, 3.8) is 0 Å². The lowest BCUT2D eigenvalue weighted by Gasteiger charge is -2.31. The van der Waals surface area contributed by atoms with Crippen LogP contribution in [0.25, 0.3) is 0 Å². The Morgan fingerprint density at radius 3 is 1.15 bits per heavy atom. The molecule has 0 fully saturated rings. The van der Waals surface area contributed by atoms with Gasteiger partial charge in [0, 0.05) is 22.7 Å². The molecule has 0 aliphatic carbocycles. The molecule has 0 aliphatic rings. The molecular formula is C58H74N6O3. The van der Waals surface area contributed by atoms with E-state index < -0.39 is 0 Å². The van der Waals surface area contributed by atoms with E-state index in [1.807, 2.05) is 89.5 Å². The van der Waals surface area contributed by atoms with Gasteiger partial charge in [-0.25, -0.2) is 9.59 Å². The van der Waals surface area contributed by atoms with Crippen LogP contribution in [0, 0.1) is 6.92 Å². The van der Waals surface area contributed by atoms with Crippen LogP contribution >= 0.6 is 0 Å². The lowest BCUT2D eigenvalue weighted by Crippen LogP contribution is -2.37. The van der Waals surface area contributed by atoms with Crippen LogP contribution < -0.4 is 36.6 Å². The highest BCUT2D eigenvalue weighted by Crippen LogP contribution is 2.35. The van der Waals surface area contributed by atoms with Crippen molar-refractivity contribution in [1.29, 1.82) is 0 Å². The molecule has 6 aromatic rings. The molecule has 0 aliphatic heterocycles. The fourth-order valence-corrected chi connectivity index (χ4v) is 8.52. The van der Waals surface area contributed by atoms with Gasteiger partial charge >= 0.3 is 12.1 Å². The van der Waals surface area contributed by atoms with Gasteiger partial charge in [-0.05, 0) is 151 Å². The maximum absolute atomic E-state index is 13.9. The number of nitrogens with one attached hydrogen (secondary N) is 2. The van der Waals surface area contributed by atoms with Gasteiger partial charge in [-0.1, -0.05) is 134 Å². The van der Waals surface area contributed by atoms with Crippen LogP contribution in [0.5, 0.6) is 5.75 Å². The van der Waals surface area contributed by atoms with Crippen molar-refractivity contribution in [3.05, 3.63) is 171 Å². The van der Waals surface area contributed by atoms with Crippen molar-refractivity contribution in [3.8, 4) is 5.75 Å². The number of carbonyl (C=O) groups excluding carboxylic acids is 2. The Bertz CT molecular complexity index is 2550. The number of benzene rings is 6. The van der Waals surface area contributed by atoms with E-state index >= 15 is 0 Å². The molecule has 67 heavy (non-hydrogen) atoms. The highest BCUT2D eigenvalue weighted by molar-refractivity contribution is 6.04. The maximum Gasteiger partial charge on any atom is 0.326 e. The summed E-state index contributed by atoms with van der Waals surface area (Å²) in [7, 11) is 1.65. The summed E-state index contributed by atoms with van der Waals surface area (Å²) < 4.78 is 5.31. The van der Waals surface area contributed by atoms with Crippen molar-refractivity contribution in [2.75, 3.05) is 39.0 Å². The second kappa shape index (κ2) is 23.6. The molecular weight excluding hydrogens is 829 g/mol. The van der Waals surface area contributed by atoms with E-state index in [0.29, 0.717) is 23.2 Å². The second-order valence-corrected chi connectivity index (χ2v) is 17.9. The Morgan fingerprint density at radius 2 is 0.836 bits per heavy atom. The number of nitrogens with two attached hydrogens (primary N) is 2. The average molecular weight is 903 g/mol. The summed E-state index contributed by atoms with van der Waals surface area (Å²) in [6, 6.07) is 39.9. The number of anilines is 6. The molecule has 0 aromatic heterocycles. The van der Waals surface area contributed by atoms with Crippen LogP contribution in [0.15, 0.2) is 121 Å². The number of amides is 4. The number of carbonyl (C=O) groups is 2. The Labute approximate surface area is 400 Å². The van der Waals surface area contributed by atoms with Crippen molar-refractivity contribution in [2.24, 2.45) is 0 Å². The fraction of sp³-hybridized carbons (Fsp3) is 0.345. The molecule has 0 saturated heterocycles. The smallest absolute Gasteiger partial charge is 0.326 e. The van der Waals surface area contributed by atoms with E-state index in [2.05, 4.69) is 128 Å². The molecule has 0 heterocycles. The minimum Gasteiger partial charge on any atom is -0.497 e. The Hall–Kier alpha value is -6.74. The van der Waals surface area contributed by atoms with Crippen LogP contribution in [-0.4, -0.2) is 19.2 Å². The van der Waals surface area contributed by atoms with E-state index in [9.17, 15) is 9.59 Å². The molecule has 354 valence electrons. The summed E-state index contributed by atoms with van der Waals surface area (Å²) in [5.74, 6) is 1.64. The first kappa shape index (κ1) is 51.2. The summed E-state index contributed by atoms with van der Waals surface area (Å²) in [5, 5.41) is 6.44. The van der Waals surface area contributed by atoms with Gasteiger partial charge < -0.3 is 26.8 Å². The van der Waals surface area contributed by atoms with Crippen LogP contribution in [0.1, 0.15) is 143 Å². The van der Waals surface area contributed by atoms with Crippen LogP contribution in [-0.2, 0) is 25.7 Å². The molecule has 0 bridgehead atoms. The van der Waals surface area contributed by atoms with Gasteiger partial charge in [-0.15, -0.1) is 0 Å². The Morgan fingerprint density at radius 1 is 0.493 bits per heavy atom. The summed E-state index contributed by atoms with van der Waals surface area (Å²) >= 11 is 0. The lowest BCUT2D eigenvalue weighted by molar-refractivity contribution is 0.254. The number of aryl methyl sites for hydroxylation is 3. The van der Waals surface area contributed by atoms with Crippen LogP contribution in [0.2, 0.25) is 0 Å². The van der Waals surface area contributed by atoms with Crippen molar-refractivity contribution in [1.82, 2.24) is 0 Å². The van der Waals surface area contributed by atoms with Gasteiger partial charge in [0.1, 0.15) is 5.75 Å². The van der Waals surface area contributed by atoms with Crippen molar-refractivity contribution in [2.45, 2.75) is 126 Å². The number of hydrogen-bond acceptors (Lipinski definition) is 5. The third kappa shape index (κ3) is 12.4. The largest absolute Gasteiger partial charge is 0.497 e. The fourth-order valence-electron chi connectivity index (χ4n) is 8.52. The summed E-state index contributed by atoms with van der Waals surface area (Å²) in [4.78, 5) is 31.4. The summed E-state index contributed by atoms with van der Waals surface area (Å²) in [6.45, 7) is 23.2. The number of rotatable bonds is 15. The molecule has 0 unspecified atom stereocenters. The number of ether oxygens (including phenoxy) is 1. The third-order valence-electron chi connectivity index (χ3n) is 12.8. The lowest BCUT2D eigenvalue weighted by atomic mass is 10.0. The molecule has 2 atom stereocenters. The number of methoxy groups -OCH3 is 1. The monoisotopic (exact) mass is 903 g/mol. The molecule has 6 aromatic carbocycles. The predicted molar refractivity (Wildman–Crippen MR) is 284 cm³/mol. The van der Waals surface area contributed by atoms with Crippen LogP contribution in [0.4, 0.5) is 43.7 Å². The third-order valence-corrected chi connectivity index (χ3v) is 12.8.